The van der Waals surface area contributed by atoms with Crippen molar-refractivity contribution in [1.29, 1.82) is 0 Å². The van der Waals surface area contributed by atoms with Gasteiger partial charge in [-0.15, -0.1) is 11.8 Å². The van der Waals surface area contributed by atoms with Crippen molar-refractivity contribution in [2.45, 2.75) is 11.4 Å². The number of carbonyl (C=O) groups excluding carboxylic acids is 2. The number of benzene rings is 3. The summed E-state index contributed by atoms with van der Waals surface area (Å²) in [5.41, 5.74) is 1.51. The molecule has 32 heavy (non-hydrogen) atoms. The number of hydrogen-bond acceptors (Lipinski definition) is 3. The highest BCUT2D eigenvalue weighted by molar-refractivity contribution is 8.01. The highest BCUT2D eigenvalue weighted by Gasteiger charge is 2.59. The zero-order chi connectivity index (χ0) is 22.5. The summed E-state index contributed by atoms with van der Waals surface area (Å²) < 4.78 is 28.7. The number of amides is 2. The second-order valence-corrected chi connectivity index (χ2v) is 9.27. The lowest BCUT2D eigenvalue weighted by Crippen LogP contribution is -2.50. The van der Waals surface area contributed by atoms with Crippen molar-refractivity contribution < 1.29 is 18.4 Å². The Bertz CT molecular complexity index is 1250. The quantitative estimate of drug-likeness (QED) is 0.528. The van der Waals surface area contributed by atoms with E-state index in [1.54, 1.807) is 24.3 Å². The van der Waals surface area contributed by atoms with Gasteiger partial charge in [0.25, 0.3) is 11.8 Å². The maximum absolute atomic E-state index is 14.4. The molecule has 162 valence electrons. The molecule has 1 fully saturated rings. The molecule has 2 heterocycles. The molecule has 2 aliphatic heterocycles. The Kier molecular flexibility index (Phi) is 5.18. The Morgan fingerprint density at radius 1 is 1.06 bits per heavy atom. The van der Waals surface area contributed by atoms with Crippen LogP contribution in [0.4, 0.5) is 14.5 Å². The lowest BCUT2D eigenvalue weighted by molar-refractivity contribution is -0.123. The van der Waals surface area contributed by atoms with Crippen molar-refractivity contribution in [2.75, 3.05) is 17.2 Å². The fourth-order valence-corrected chi connectivity index (χ4v) is 5.97. The Labute approximate surface area is 192 Å². The molecule has 1 saturated heterocycles. The van der Waals surface area contributed by atoms with Crippen LogP contribution in [-0.4, -0.2) is 29.0 Å². The van der Waals surface area contributed by atoms with Gasteiger partial charge in [0.15, 0.2) is 4.87 Å². The van der Waals surface area contributed by atoms with Gasteiger partial charge in [0.2, 0.25) is 0 Å². The molecule has 2 amide bonds. The average molecular weight is 471 g/mol. The fraction of sp³-hybridized carbons (Fsp3) is 0.167. The molecule has 1 atom stereocenters. The van der Waals surface area contributed by atoms with Crippen LogP contribution in [0.25, 0.3) is 0 Å². The van der Waals surface area contributed by atoms with Gasteiger partial charge in [-0.2, -0.15) is 0 Å². The monoisotopic (exact) mass is 470 g/mol. The molecule has 2 aliphatic rings. The minimum atomic E-state index is -1.46. The summed E-state index contributed by atoms with van der Waals surface area (Å²) >= 11 is 7.58. The summed E-state index contributed by atoms with van der Waals surface area (Å²) in [7, 11) is 0. The third kappa shape index (κ3) is 3.11. The van der Waals surface area contributed by atoms with Gasteiger partial charge in [-0.05, 0) is 42.0 Å². The first-order valence-corrected chi connectivity index (χ1v) is 11.4. The first-order valence-electron chi connectivity index (χ1n) is 9.99. The zero-order valence-electron chi connectivity index (χ0n) is 16.7. The van der Waals surface area contributed by atoms with Crippen LogP contribution in [-0.2, 0) is 16.2 Å². The number of nitrogens with zero attached hydrogens (tertiary/aromatic N) is 2. The van der Waals surface area contributed by atoms with E-state index in [2.05, 4.69) is 0 Å². The van der Waals surface area contributed by atoms with Crippen molar-refractivity contribution in [3.05, 3.63) is 100 Å². The SMILES string of the molecule is O=C(c1ccccc1F)N1CCS[C@@]12C(=O)N(Cc1ccccc1Cl)c1ccc(F)cc12. The van der Waals surface area contributed by atoms with Crippen LogP contribution in [0.5, 0.6) is 0 Å². The molecule has 3 aromatic carbocycles. The van der Waals surface area contributed by atoms with Gasteiger partial charge in [-0.1, -0.05) is 41.9 Å². The van der Waals surface area contributed by atoms with Crippen LogP contribution < -0.4 is 4.90 Å². The lowest BCUT2D eigenvalue weighted by atomic mass is 10.0. The van der Waals surface area contributed by atoms with Crippen molar-refractivity contribution >= 4 is 40.9 Å². The molecule has 0 saturated carbocycles. The molecule has 0 unspecified atom stereocenters. The summed E-state index contributed by atoms with van der Waals surface area (Å²) in [6.45, 7) is 0.403. The zero-order valence-corrected chi connectivity index (χ0v) is 18.3. The molecule has 0 aromatic heterocycles. The topological polar surface area (TPSA) is 40.6 Å². The van der Waals surface area contributed by atoms with Crippen LogP contribution in [0, 0.1) is 11.6 Å². The maximum Gasteiger partial charge on any atom is 0.268 e. The number of halogens is 3. The van der Waals surface area contributed by atoms with Gasteiger partial charge < -0.3 is 9.80 Å². The second-order valence-electron chi connectivity index (χ2n) is 7.57. The van der Waals surface area contributed by atoms with Crippen LogP contribution in [0.2, 0.25) is 5.02 Å². The smallest absolute Gasteiger partial charge is 0.268 e. The molecule has 0 bridgehead atoms. The third-order valence-electron chi connectivity index (χ3n) is 5.79. The highest BCUT2D eigenvalue weighted by atomic mass is 35.5. The van der Waals surface area contributed by atoms with Crippen molar-refractivity contribution in [3.63, 3.8) is 0 Å². The number of thioether (sulfide) groups is 1. The molecule has 4 nitrogen and oxygen atoms in total. The van der Waals surface area contributed by atoms with Gasteiger partial charge in [0, 0.05) is 22.9 Å². The van der Waals surface area contributed by atoms with Gasteiger partial charge in [-0.3, -0.25) is 9.59 Å². The van der Waals surface area contributed by atoms with E-state index in [1.807, 2.05) is 12.1 Å². The molecule has 8 heteroatoms. The number of carbonyl (C=O) groups is 2. The van der Waals surface area contributed by atoms with E-state index >= 15 is 0 Å². The Hall–Kier alpha value is -2.90. The van der Waals surface area contributed by atoms with Crippen molar-refractivity contribution in [2.24, 2.45) is 0 Å². The van der Waals surface area contributed by atoms with Gasteiger partial charge >= 0.3 is 0 Å². The van der Waals surface area contributed by atoms with E-state index in [9.17, 15) is 18.4 Å². The summed E-state index contributed by atoms with van der Waals surface area (Å²) in [5, 5.41) is 0.503. The molecule has 1 spiro atoms. The standard InChI is InChI=1S/C24H17ClF2N2O2S/c25-19-7-3-1-5-15(19)14-28-21-10-9-16(26)13-18(21)24(23(28)31)29(11-12-32-24)22(30)17-6-2-4-8-20(17)27/h1-10,13H,11-12,14H2/t24-/m0/s1. The maximum atomic E-state index is 14.4. The van der Waals surface area contributed by atoms with Crippen molar-refractivity contribution in [1.82, 2.24) is 4.90 Å². The molecular formula is C24H17ClF2N2O2S. The van der Waals surface area contributed by atoms with E-state index in [4.69, 9.17) is 11.6 Å². The minimum Gasteiger partial charge on any atom is -0.311 e. The number of fused-ring (bicyclic) bond motifs is 2. The Morgan fingerprint density at radius 3 is 2.59 bits per heavy atom. The second kappa shape index (κ2) is 7.90. The van der Waals surface area contributed by atoms with E-state index in [0.717, 1.165) is 5.56 Å². The number of hydrogen-bond donors (Lipinski definition) is 0. The average Bonchev–Trinajstić information content (AvgIpc) is 3.32. The summed E-state index contributed by atoms with van der Waals surface area (Å²) in [6.07, 6.45) is 0. The highest BCUT2D eigenvalue weighted by Crippen LogP contribution is 2.55. The lowest BCUT2D eigenvalue weighted by Gasteiger charge is -2.33. The van der Waals surface area contributed by atoms with Gasteiger partial charge in [0.1, 0.15) is 11.6 Å². The van der Waals surface area contributed by atoms with Crippen LogP contribution >= 0.6 is 23.4 Å². The van der Waals surface area contributed by atoms with E-state index in [0.29, 0.717) is 22.0 Å². The fourth-order valence-electron chi connectivity index (χ4n) is 4.32. The first-order chi connectivity index (χ1) is 15.4. The van der Waals surface area contributed by atoms with Crippen LogP contribution in [0.1, 0.15) is 21.5 Å². The summed E-state index contributed by atoms with van der Waals surface area (Å²) in [4.78, 5) is 28.7. The first kappa shape index (κ1) is 21.0. The molecular weight excluding hydrogens is 454 g/mol. The molecule has 0 radical (unpaired) electrons. The van der Waals surface area contributed by atoms with E-state index < -0.39 is 22.4 Å². The van der Waals surface area contributed by atoms with Crippen molar-refractivity contribution in [3.8, 4) is 0 Å². The summed E-state index contributed by atoms with van der Waals surface area (Å²) in [5.74, 6) is -1.69. The largest absolute Gasteiger partial charge is 0.311 e. The van der Waals surface area contributed by atoms with E-state index in [1.165, 1.54) is 51.9 Å². The Morgan fingerprint density at radius 2 is 1.81 bits per heavy atom. The predicted octanol–water partition coefficient (Wildman–Crippen LogP) is 5.21. The minimum absolute atomic E-state index is 0.121. The van der Waals surface area contributed by atoms with Gasteiger partial charge in [0.05, 0.1) is 17.8 Å². The Balaban J connectivity index is 1.63. The van der Waals surface area contributed by atoms with Crippen LogP contribution in [0.3, 0.4) is 0 Å². The number of anilines is 1. The number of rotatable bonds is 3. The predicted molar refractivity (Wildman–Crippen MR) is 121 cm³/mol. The normalized spacial score (nSPS) is 19.7. The van der Waals surface area contributed by atoms with Gasteiger partial charge in [-0.25, -0.2) is 8.78 Å². The third-order valence-corrected chi connectivity index (χ3v) is 7.58. The molecule has 0 N–H and O–H groups in total. The summed E-state index contributed by atoms with van der Waals surface area (Å²) in [6, 6.07) is 16.9. The molecule has 3 aromatic rings. The van der Waals surface area contributed by atoms with E-state index in [-0.39, 0.29) is 24.6 Å². The molecule has 0 aliphatic carbocycles. The molecule has 5 rings (SSSR count). The van der Waals surface area contributed by atoms with Crippen LogP contribution in [0.15, 0.2) is 66.7 Å².